The zero-order chi connectivity index (χ0) is 16.9. The van der Waals surface area contributed by atoms with Crippen LogP contribution in [0.25, 0.3) is 10.8 Å². The first-order chi connectivity index (χ1) is 11.7. The van der Waals surface area contributed by atoms with Gasteiger partial charge in [-0.2, -0.15) is 0 Å². The van der Waals surface area contributed by atoms with Crippen LogP contribution in [0.3, 0.4) is 0 Å². The van der Waals surface area contributed by atoms with E-state index in [0.29, 0.717) is 12.1 Å². The fourth-order valence-electron chi connectivity index (χ4n) is 2.51. The summed E-state index contributed by atoms with van der Waals surface area (Å²) in [5, 5.41) is 4.98. The molecule has 0 heterocycles. The average Bonchev–Trinajstić information content (AvgIpc) is 2.61. The number of carbonyl (C=O) groups excluding carboxylic acids is 1. The molecule has 0 unspecified atom stereocenters. The van der Waals surface area contributed by atoms with E-state index >= 15 is 0 Å². The quantitative estimate of drug-likeness (QED) is 0.734. The maximum atomic E-state index is 13.7. The Bertz CT molecular complexity index is 863. The first kappa shape index (κ1) is 16.0. The van der Waals surface area contributed by atoms with Crippen molar-refractivity contribution in [2.75, 3.05) is 5.32 Å². The monoisotopic (exact) mass is 323 g/mol. The van der Waals surface area contributed by atoms with Crippen molar-refractivity contribution in [3.8, 4) is 5.75 Å². The Morgan fingerprint density at radius 2 is 1.75 bits per heavy atom. The van der Waals surface area contributed by atoms with Crippen LogP contribution in [-0.4, -0.2) is 12.0 Å². The van der Waals surface area contributed by atoms with Crippen molar-refractivity contribution in [1.29, 1.82) is 0 Å². The summed E-state index contributed by atoms with van der Waals surface area (Å²) in [5.74, 6) is -0.691. The van der Waals surface area contributed by atoms with Crippen LogP contribution in [-0.2, 0) is 4.79 Å². The van der Waals surface area contributed by atoms with Crippen molar-refractivity contribution >= 4 is 22.4 Å². The number of anilines is 1. The molecule has 3 aromatic carbocycles. The zero-order valence-electron chi connectivity index (χ0n) is 13.3. The first-order valence-electron chi connectivity index (χ1n) is 7.88. The number of para-hydroxylation sites is 1. The summed E-state index contributed by atoms with van der Waals surface area (Å²) in [6.45, 7) is 1.82. The summed E-state index contributed by atoms with van der Waals surface area (Å²) in [5.41, 5.74) is 0.689. The lowest BCUT2D eigenvalue weighted by Gasteiger charge is -2.17. The van der Waals surface area contributed by atoms with E-state index in [-0.39, 0.29) is 11.7 Å². The molecule has 0 bridgehead atoms. The lowest BCUT2D eigenvalue weighted by Crippen LogP contribution is -2.32. The summed E-state index contributed by atoms with van der Waals surface area (Å²) >= 11 is 0. The van der Waals surface area contributed by atoms with Gasteiger partial charge < -0.3 is 10.1 Å². The average molecular weight is 323 g/mol. The summed E-state index contributed by atoms with van der Waals surface area (Å²) in [6.07, 6.45) is -0.318. The smallest absolute Gasteiger partial charge is 0.265 e. The molecule has 3 nitrogen and oxygen atoms in total. The van der Waals surface area contributed by atoms with E-state index in [1.807, 2.05) is 49.4 Å². The molecule has 0 aliphatic rings. The Labute approximate surface area is 140 Å². The highest BCUT2D eigenvalue weighted by molar-refractivity contribution is 5.96. The third kappa shape index (κ3) is 3.54. The molecule has 0 spiro atoms. The summed E-state index contributed by atoms with van der Waals surface area (Å²) < 4.78 is 19.2. The van der Waals surface area contributed by atoms with Crippen LogP contribution in [0.2, 0.25) is 0 Å². The largest absolute Gasteiger partial charge is 0.478 e. The van der Waals surface area contributed by atoms with Gasteiger partial charge in [0.2, 0.25) is 0 Å². The van der Waals surface area contributed by atoms with Crippen molar-refractivity contribution in [2.24, 2.45) is 0 Å². The Morgan fingerprint density at radius 3 is 2.50 bits per heavy atom. The molecule has 0 saturated carbocycles. The molecule has 3 aromatic rings. The minimum Gasteiger partial charge on any atom is -0.478 e. The number of nitrogens with one attached hydrogen (secondary N) is 1. The van der Waals surface area contributed by atoms with E-state index in [0.717, 1.165) is 10.8 Å². The molecule has 1 N–H and O–H groups in total. The van der Waals surface area contributed by atoms with Crippen molar-refractivity contribution in [1.82, 2.24) is 0 Å². The van der Waals surface area contributed by atoms with Gasteiger partial charge in [0, 0.05) is 5.69 Å². The number of amides is 1. The highest BCUT2D eigenvalue weighted by Crippen LogP contribution is 2.21. The number of ether oxygens (including phenoxy) is 1. The third-order valence-corrected chi connectivity index (χ3v) is 3.79. The second-order valence-corrected chi connectivity index (χ2v) is 5.50. The number of fused-ring (bicyclic) bond motifs is 1. The number of carbonyl (C=O) groups is 1. The first-order valence-corrected chi connectivity index (χ1v) is 7.88. The molecule has 122 valence electrons. The Hall–Kier alpha value is -2.88. The van der Waals surface area contributed by atoms with E-state index < -0.39 is 11.9 Å². The minimum absolute atomic E-state index is 0.0815. The fourth-order valence-corrected chi connectivity index (χ4v) is 2.51. The molecule has 1 atom stereocenters. The second kappa shape index (κ2) is 7.13. The topological polar surface area (TPSA) is 38.3 Å². The summed E-state index contributed by atoms with van der Waals surface area (Å²) in [7, 11) is 0. The maximum absolute atomic E-state index is 13.7. The Kier molecular flexibility index (Phi) is 4.75. The molecule has 0 radical (unpaired) electrons. The van der Waals surface area contributed by atoms with Crippen LogP contribution < -0.4 is 10.1 Å². The SMILES string of the molecule is CC[C@@H](Oc1ccccc1F)C(=O)Nc1ccc2ccccc2c1. The van der Waals surface area contributed by atoms with Gasteiger partial charge in [0.25, 0.3) is 5.91 Å². The van der Waals surface area contributed by atoms with Gasteiger partial charge >= 0.3 is 0 Å². The van der Waals surface area contributed by atoms with Gasteiger partial charge in [0.15, 0.2) is 17.7 Å². The Morgan fingerprint density at radius 1 is 1.04 bits per heavy atom. The van der Waals surface area contributed by atoms with E-state index in [1.54, 1.807) is 12.1 Å². The van der Waals surface area contributed by atoms with Gasteiger partial charge in [0.05, 0.1) is 0 Å². The molecule has 4 heteroatoms. The van der Waals surface area contributed by atoms with Gasteiger partial charge in [-0.3, -0.25) is 4.79 Å². The molecular weight excluding hydrogens is 305 g/mol. The Balaban J connectivity index is 1.75. The molecular formula is C20H18FNO2. The molecule has 3 rings (SSSR count). The predicted octanol–water partition coefficient (Wildman–Crippen LogP) is 4.78. The van der Waals surface area contributed by atoms with Gasteiger partial charge in [-0.15, -0.1) is 0 Å². The number of hydrogen-bond donors (Lipinski definition) is 1. The highest BCUT2D eigenvalue weighted by Gasteiger charge is 2.20. The lowest BCUT2D eigenvalue weighted by atomic mass is 10.1. The number of benzene rings is 3. The van der Waals surface area contributed by atoms with Gasteiger partial charge in [-0.05, 0) is 41.5 Å². The second-order valence-electron chi connectivity index (χ2n) is 5.50. The maximum Gasteiger partial charge on any atom is 0.265 e. The van der Waals surface area contributed by atoms with Gasteiger partial charge in [-0.25, -0.2) is 4.39 Å². The summed E-state index contributed by atoms with van der Waals surface area (Å²) in [4.78, 5) is 12.4. The highest BCUT2D eigenvalue weighted by atomic mass is 19.1. The van der Waals surface area contributed by atoms with E-state index in [2.05, 4.69) is 5.32 Å². The molecule has 1 amide bonds. The minimum atomic E-state index is -0.756. The normalized spacial score (nSPS) is 11.9. The van der Waals surface area contributed by atoms with Crippen molar-refractivity contribution < 1.29 is 13.9 Å². The molecule has 24 heavy (non-hydrogen) atoms. The van der Waals surface area contributed by atoms with Crippen LogP contribution in [0.15, 0.2) is 66.7 Å². The zero-order valence-corrected chi connectivity index (χ0v) is 13.3. The number of hydrogen-bond acceptors (Lipinski definition) is 2. The van der Waals surface area contributed by atoms with Gasteiger partial charge in [-0.1, -0.05) is 49.4 Å². The predicted molar refractivity (Wildman–Crippen MR) is 93.7 cm³/mol. The van der Waals surface area contributed by atoms with Crippen LogP contribution in [0.5, 0.6) is 5.75 Å². The molecule has 0 saturated heterocycles. The molecule has 0 aromatic heterocycles. The number of rotatable bonds is 5. The fraction of sp³-hybridized carbons (Fsp3) is 0.150. The number of halogens is 1. The van der Waals surface area contributed by atoms with Crippen LogP contribution in [0.4, 0.5) is 10.1 Å². The lowest BCUT2D eigenvalue weighted by molar-refractivity contribution is -0.122. The van der Waals surface area contributed by atoms with E-state index in [4.69, 9.17) is 4.74 Å². The van der Waals surface area contributed by atoms with Crippen molar-refractivity contribution in [3.05, 3.63) is 72.5 Å². The standard InChI is InChI=1S/C20H18FNO2/c1-2-18(24-19-10-6-5-9-17(19)21)20(23)22-16-12-11-14-7-3-4-8-15(14)13-16/h3-13,18H,2H2,1H3,(H,22,23)/t18-/m1/s1. The van der Waals surface area contributed by atoms with Crippen LogP contribution in [0.1, 0.15) is 13.3 Å². The third-order valence-electron chi connectivity index (χ3n) is 3.79. The van der Waals surface area contributed by atoms with E-state index in [9.17, 15) is 9.18 Å². The van der Waals surface area contributed by atoms with Crippen LogP contribution in [0, 0.1) is 5.82 Å². The molecule has 0 aliphatic heterocycles. The van der Waals surface area contributed by atoms with Crippen LogP contribution >= 0.6 is 0 Å². The summed E-state index contributed by atoms with van der Waals surface area (Å²) in [6, 6.07) is 19.7. The van der Waals surface area contributed by atoms with Crippen molar-refractivity contribution in [2.45, 2.75) is 19.4 Å². The van der Waals surface area contributed by atoms with Crippen molar-refractivity contribution in [3.63, 3.8) is 0 Å². The molecule has 0 aliphatic carbocycles. The molecule has 0 fully saturated rings. The van der Waals surface area contributed by atoms with E-state index in [1.165, 1.54) is 12.1 Å². The van der Waals surface area contributed by atoms with Gasteiger partial charge in [0.1, 0.15) is 0 Å².